The van der Waals surface area contributed by atoms with Crippen molar-refractivity contribution in [3.63, 3.8) is 0 Å². The van der Waals surface area contributed by atoms with Crippen molar-refractivity contribution in [3.8, 4) is 17.6 Å². The maximum atomic E-state index is 12.6. The number of hydrogen-bond acceptors (Lipinski definition) is 8. The van der Waals surface area contributed by atoms with Gasteiger partial charge in [0.1, 0.15) is 12.2 Å². The van der Waals surface area contributed by atoms with Crippen molar-refractivity contribution >= 4 is 28.8 Å². The van der Waals surface area contributed by atoms with Crippen LogP contribution in [0.2, 0.25) is 0 Å². The maximum absolute atomic E-state index is 12.6. The minimum atomic E-state index is -0.613. The van der Waals surface area contributed by atoms with Crippen LogP contribution in [-0.2, 0) is 13.0 Å². The van der Waals surface area contributed by atoms with Gasteiger partial charge in [0.05, 0.1) is 29.4 Å². The highest BCUT2D eigenvalue weighted by Crippen LogP contribution is 2.34. The van der Waals surface area contributed by atoms with Gasteiger partial charge in [0.15, 0.2) is 17.3 Å². The van der Waals surface area contributed by atoms with Crippen LogP contribution in [0, 0.1) is 21.4 Å². The van der Waals surface area contributed by atoms with Gasteiger partial charge in [-0.05, 0) is 49.2 Å². The second kappa shape index (κ2) is 12.2. The largest absolute Gasteiger partial charge is 0.490 e. The van der Waals surface area contributed by atoms with E-state index in [-0.39, 0.29) is 18.1 Å². The molecule has 0 aliphatic carbocycles. The summed E-state index contributed by atoms with van der Waals surface area (Å²) >= 11 is 0. The molecule has 3 aromatic carbocycles. The van der Waals surface area contributed by atoms with E-state index in [1.807, 2.05) is 25.1 Å². The first-order valence-corrected chi connectivity index (χ1v) is 12.0. The first kappa shape index (κ1) is 26.6. The van der Waals surface area contributed by atoms with Gasteiger partial charge < -0.3 is 13.9 Å². The van der Waals surface area contributed by atoms with Crippen LogP contribution < -0.4 is 14.9 Å². The topological polar surface area (TPSA) is 140 Å². The van der Waals surface area contributed by atoms with Crippen LogP contribution in [0.25, 0.3) is 11.0 Å². The molecule has 0 saturated heterocycles. The summed E-state index contributed by atoms with van der Waals surface area (Å²) in [6.45, 7) is 6.24. The number of benzene rings is 3. The summed E-state index contributed by atoms with van der Waals surface area (Å²) in [6.07, 6.45) is 3.67. The molecule has 1 amide bonds. The molecule has 0 spiro atoms. The Morgan fingerprint density at radius 1 is 1.18 bits per heavy atom. The number of carbonyl (C=O) groups is 1. The molecule has 0 bridgehead atoms. The first-order chi connectivity index (χ1) is 18.9. The Labute approximate surface area is 223 Å². The van der Waals surface area contributed by atoms with Gasteiger partial charge in [0.2, 0.25) is 0 Å². The van der Waals surface area contributed by atoms with Crippen LogP contribution in [-0.4, -0.2) is 23.7 Å². The van der Waals surface area contributed by atoms with E-state index >= 15 is 0 Å². The van der Waals surface area contributed by atoms with Crippen molar-refractivity contribution in [1.82, 2.24) is 5.43 Å². The smallest absolute Gasteiger partial charge is 0.307 e. The fraction of sp³-hybridized carbons (Fsp3) is 0.138. The van der Waals surface area contributed by atoms with E-state index in [9.17, 15) is 20.2 Å². The summed E-state index contributed by atoms with van der Waals surface area (Å²) in [7, 11) is 0. The molecule has 1 aromatic heterocycles. The van der Waals surface area contributed by atoms with Crippen molar-refractivity contribution in [2.24, 2.45) is 5.10 Å². The third kappa shape index (κ3) is 6.29. The molecule has 196 valence electrons. The number of fused-ring (bicyclic) bond motifs is 1. The number of hydrogen-bond donors (Lipinski definition) is 1. The number of nitrogens with zero attached hydrogens (tertiary/aromatic N) is 3. The Bertz CT molecular complexity index is 1620. The summed E-state index contributed by atoms with van der Waals surface area (Å²) in [4.78, 5) is 23.0. The lowest BCUT2D eigenvalue weighted by atomic mass is 10.1. The SMILES string of the molecule is C=CCc1cc(/C=N/NC(=O)c2cc3cc([N+](=O)[O-])ccc3o2)cc(OCC)c1OCc1ccccc1C#N. The summed E-state index contributed by atoms with van der Waals surface area (Å²) in [5.74, 6) is 0.365. The number of nitriles is 1. The molecular formula is C29H24N4O6. The quantitative estimate of drug-likeness (QED) is 0.115. The monoisotopic (exact) mass is 524 g/mol. The van der Waals surface area contributed by atoms with Gasteiger partial charge in [-0.2, -0.15) is 10.4 Å². The van der Waals surface area contributed by atoms with Crippen LogP contribution in [0.3, 0.4) is 0 Å². The van der Waals surface area contributed by atoms with E-state index in [0.717, 1.165) is 11.1 Å². The van der Waals surface area contributed by atoms with Gasteiger partial charge in [-0.3, -0.25) is 14.9 Å². The van der Waals surface area contributed by atoms with Gasteiger partial charge in [0.25, 0.3) is 5.69 Å². The van der Waals surface area contributed by atoms with E-state index in [0.29, 0.717) is 46.6 Å². The third-order valence-electron chi connectivity index (χ3n) is 5.64. The number of amides is 1. The molecular weight excluding hydrogens is 500 g/mol. The number of ether oxygens (including phenoxy) is 2. The molecule has 0 aliphatic rings. The van der Waals surface area contributed by atoms with E-state index in [2.05, 4.69) is 23.2 Å². The fourth-order valence-electron chi connectivity index (χ4n) is 3.87. The predicted octanol–water partition coefficient (Wildman–Crippen LogP) is 5.68. The average molecular weight is 525 g/mol. The van der Waals surface area contributed by atoms with Crippen LogP contribution >= 0.6 is 0 Å². The molecule has 0 unspecified atom stereocenters. The molecule has 0 radical (unpaired) electrons. The average Bonchev–Trinajstić information content (AvgIpc) is 3.37. The Kier molecular flexibility index (Phi) is 8.33. The minimum Gasteiger partial charge on any atom is -0.490 e. The molecule has 4 rings (SSSR count). The number of nitrogens with one attached hydrogen (secondary N) is 1. The minimum absolute atomic E-state index is 0.0357. The normalized spacial score (nSPS) is 10.8. The summed E-state index contributed by atoms with van der Waals surface area (Å²) in [6, 6.07) is 18.4. The molecule has 4 aromatic rings. The number of nitro benzene ring substituents is 1. The Hall–Kier alpha value is -5.43. The van der Waals surface area contributed by atoms with Crippen LogP contribution in [0.1, 0.15) is 39.7 Å². The lowest BCUT2D eigenvalue weighted by molar-refractivity contribution is -0.384. The van der Waals surface area contributed by atoms with E-state index < -0.39 is 10.8 Å². The predicted molar refractivity (Wildman–Crippen MR) is 145 cm³/mol. The van der Waals surface area contributed by atoms with Gasteiger partial charge in [-0.1, -0.05) is 24.3 Å². The molecule has 1 N–H and O–H groups in total. The molecule has 10 nitrogen and oxygen atoms in total. The second-order valence-electron chi connectivity index (χ2n) is 8.28. The number of allylic oxidation sites excluding steroid dienone is 1. The lowest BCUT2D eigenvalue weighted by Gasteiger charge is -2.17. The molecule has 0 aliphatic heterocycles. The second-order valence-corrected chi connectivity index (χ2v) is 8.28. The van der Waals surface area contributed by atoms with Crippen molar-refractivity contribution in [1.29, 1.82) is 5.26 Å². The van der Waals surface area contributed by atoms with Crippen molar-refractivity contribution in [3.05, 3.63) is 111 Å². The van der Waals surface area contributed by atoms with Crippen molar-refractivity contribution in [2.75, 3.05) is 6.61 Å². The van der Waals surface area contributed by atoms with Gasteiger partial charge in [-0.15, -0.1) is 6.58 Å². The van der Waals surface area contributed by atoms with Gasteiger partial charge in [-0.25, -0.2) is 5.43 Å². The van der Waals surface area contributed by atoms with E-state index in [1.165, 1.54) is 30.5 Å². The highest BCUT2D eigenvalue weighted by Gasteiger charge is 2.16. The van der Waals surface area contributed by atoms with Crippen molar-refractivity contribution in [2.45, 2.75) is 20.0 Å². The Balaban J connectivity index is 1.54. The van der Waals surface area contributed by atoms with Gasteiger partial charge >= 0.3 is 5.91 Å². The zero-order valence-corrected chi connectivity index (χ0v) is 21.0. The molecule has 10 heteroatoms. The fourth-order valence-corrected chi connectivity index (χ4v) is 3.87. The summed E-state index contributed by atoms with van der Waals surface area (Å²) < 4.78 is 17.4. The number of rotatable bonds is 11. The number of furan rings is 1. The summed E-state index contributed by atoms with van der Waals surface area (Å²) in [5.41, 5.74) is 5.36. The van der Waals surface area contributed by atoms with Crippen LogP contribution in [0.5, 0.6) is 11.5 Å². The highest BCUT2D eigenvalue weighted by molar-refractivity contribution is 5.97. The van der Waals surface area contributed by atoms with Crippen LogP contribution in [0.4, 0.5) is 5.69 Å². The number of hydrazone groups is 1. The highest BCUT2D eigenvalue weighted by atomic mass is 16.6. The molecule has 0 fully saturated rings. The Morgan fingerprint density at radius 3 is 2.74 bits per heavy atom. The maximum Gasteiger partial charge on any atom is 0.307 e. The van der Waals surface area contributed by atoms with Gasteiger partial charge in [0, 0.05) is 28.6 Å². The lowest BCUT2D eigenvalue weighted by Crippen LogP contribution is -2.16. The number of carbonyl (C=O) groups excluding carboxylic acids is 1. The van der Waals surface area contributed by atoms with E-state index in [1.54, 1.807) is 24.3 Å². The van der Waals surface area contributed by atoms with Crippen LogP contribution in [0.15, 0.2) is 82.8 Å². The summed E-state index contributed by atoms with van der Waals surface area (Å²) in [5, 5.41) is 24.8. The number of nitro groups is 1. The molecule has 0 atom stereocenters. The standard InChI is InChI=1S/C29H24N4O6/c1-3-7-20-12-19(13-26(37-4-2)28(20)38-18-22-9-6-5-8-21(22)16-30)17-31-32-29(34)27-15-23-14-24(33(35)36)10-11-25(23)39-27/h3,5-6,8-15,17H,1,4,7,18H2,2H3,(H,32,34)/b31-17+. The molecule has 1 heterocycles. The zero-order valence-electron chi connectivity index (χ0n) is 21.0. The van der Waals surface area contributed by atoms with E-state index in [4.69, 9.17) is 13.9 Å². The van der Waals surface area contributed by atoms with Crippen molar-refractivity contribution < 1.29 is 23.6 Å². The molecule has 0 saturated carbocycles. The zero-order chi connectivity index (χ0) is 27.8. The number of non-ortho nitro benzene ring substituents is 1. The molecule has 39 heavy (non-hydrogen) atoms. The third-order valence-corrected chi connectivity index (χ3v) is 5.64. The first-order valence-electron chi connectivity index (χ1n) is 12.0. The Morgan fingerprint density at radius 2 is 2.00 bits per heavy atom.